The van der Waals surface area contributed by atoms with Gasteiger partial charge in [0.05, 0.1) is 12.0 Å². The van der Waals surface area contributed by atoms with Gasteiger partial charge in [0.15, 0.2) is 0 Å². The van der Waals surface area contributed by atoms with E-state index in [2.05, 4.69) is 23.5 Å². The van der Waals surface area contributed by atoms with E-state index in [1.165, 1.54) is 16.6 Å². The Kier molecular flexibility index (Phi) is 1.25. The van der Waals surface area contributed by atoms with Crippen LogP contribution in [0.1, 0.15) is 5.56 Å². The molecule has 1 N–H and O–H groups in total. The second-order valence-corrected chi connectivity index (χ2v) is 3.15. The van der Waals surface area contributed by atoms with E-state index in [9.17, 15) is 0 Å². The highest BCUT2D eigenvalue weighted by Crippen LogP contribution is 2.30. The largest absolute Gasteiger partial charge is 0.464 e. The van der Waals surface area contributed by atoms with E-state index in [0.29, 0.717) is 0 Å². The van der Waals surface area contributed by atoms with Crippen molar-refractivity contribution in [2.75, 3.05) is 11.9 Å². The van der Waals surface area contributed by atoms with Crippen LogP contribution in [-0.4, -0.2) is 6.54 Å². The Hall–Kier alpha value is -1.70. The van der Waals surface area contributed by atoms with Gasteiger partial charge in [-0.25, -0.2) is 0 Å². The summed E-state index contributed by atoms with van der Waals surface area (Å²) >= 11 is 0. The first kappa shape index (κ1) is 6.78. The van der Waals surface area contributed by atoms with Crippen molar-refractivity contribution in [3.63, 3.8) is 0 Å². The second-order valence-electron chi connectivity index (χ2n) is 3.15. The average molecular weight is 171 g/mol. The van der Waals surface area contributed by atoms with Gasteiger partial charge in [-0.3, -0.25) is 0 Å². The van der Waals surface area contributed by atoms with Crippen molar-refractivity contribution in [2.24, 2.45) is 0 Å². The molecule has 1 aliphatic rings. The molecular formula is C11H9NO. The number of benzene rings is 1. The molecule has 0 fully saturated rings. The Morgan fingerprint density at radius 2 is 2.23 bits per heavy atom. The van der Waals surface area contributed by atoms with Gasteiger partial charge in [-0.2, -0.15) is 0 Å². The third-order valence-electron chi connectivity index (χ3n) is 2.36. The minimum absolute atomic E-state index is 0.900. The minimum Gasteiger partial charge on any atom is -0.464 e. The van der Waals surface area contributed by atoms with Crippen LogP contribution < -0.4 is 5.32 Å². The van der Waals surface area contributed by atoms with Gasteiger partial charge in [0.1, 0.15) is 5.58 Å². The number of hydrogen-bond acceptors (Lipinski definition) is 2. The van der Waals surface area contributed by atoms with Crippen molar-refractivity contribution in [1.29, 1.82) is 0 Å². The summed E-state index contributed by atoms with van der Waals surface area (Å²) in [6, 6.07) is 6.08. The molecule has 0 bridgehead atoms. The first-order chi connectivity index (χ1) is 6.45. The maximum atomic E-state index is 5.32. The first-order valence-corrected chi connectivity index (χ1v) is 4.36. The summed E-state index contributed by atoms with van der Waals surface area (Å²) in [5, 5.41) is 4.51. The van der Waals surface area contributed by atoms with E-state index in [0.717, 1.165) is 12.1 Å². The van der Waals surface area contributed by atoms with Gasteiger partial charge in [-0.05, 0) is 23.8 Å². The smallest absolute Gasteiger partial charge is 0.135 e. The van der Waals surface area contributed by atoms with Gasteiger partial charge in [0, 0.05) is 11.9 Å². The third kappa shape index (κ3) is 0.886. The van der Waals surface area contributed by atoms with E-state index < -0.39 is 0 Å². The van der Waals surface area contributed by atoms with E-state index in [-0.39, 0.29) is 0 Å². The van der Waals surface area contributed by atoms with E-state index in [1.54, 1.807) is 6.26 Å². The molecule has 0 saturated heterocycles. The van der Waals surface area contributed by atoms with Crippen molar-refractivity contribution in [2.45, 2.75) is 0 Å². The van der Waals surface area contributed by atoms with Crippen LogP contribution in [-0.2, 0) is 0 Å². The lowest BCUT2D eigenvalue weighted by atomic mass is 10.1. The zero-order valence-corrected chi connectivity index (χ0v) is 7.08. The summed E-state index contributed by atoms with van der Waals surface area (Å²) < 4.78 is 5.32. The van der Waals surface area contributed by atoms with Crippen LogP contribution in [0.2, 0.25) is 0 Å². The molecule has 1 aromatic heterocycles. The third-order valence-corrected chi connectivity index (χ3v) is 2.36. The van der Waals surface area contributed by atoms with Gasteiger partial charge in [0.25, 0.3) is 0 Å². The molecule has 0 amide bonds. The van der Waals surface area contributed by atoms with Crippen molar-refractivity contribution >= 4 is 22.7 Å². The number of anilines is 1. The lowest BCUT2D eigenvalue weighted by Gasteiger charge is -2.12. The number of nitrogens with one attached hydrogen (secondary N) is 1. The van der Waals surface area contributed by atoms with E-state index in [4.69, 9.17) is 4.42 Å². The molecule has 0 spiro atoms. The van der Waals surface area contributed by atoms with Crippen LogP contribution >= 0.6 is 0 Å². The van der Waals surface area contributed by atoms with Crippen LogP contribution in [0.25, 0.3) is 17.0 Å². The van der Waals surface area contributed by atoms with Gasteiger partial charge < -0.3 is 9.73 Å². The molecule has 0 unspecified atom stereocenters. The molecule has 0 atom stereocenters. The Balaban J connectivity index is 2.42. The number of fused-ring (bicyclic) bond motifs is 3. The molecular weight excluding hydrogens is 162 g/mol. The number of rotatable bonds is 0. The highest BCUT2D eigenvalue weighted by atomic mass is 16.3. The minimum atomic E-state index is 0.900. The highest BCUT2D eigenvalue weighted by molar-refractivity contribution is 5.96. The monoisotopic (exact) mass is 171 g/mol. The summed E-state index contributed by atoms with van der Waals surface area (Å²) in [4.78, 5) is 0. The van der Waals surface area contributed by atoms with Crippen LogP contribution in [0.15, 0.2) is 35.0 Å². The molecule has 1 aliphatic heterocycles. The van der Waals surface area contributed by atoms with Crippen LogP contribution in [0, 0.1) is 0 Å². The summed E-state index contributed by atoms with van der Waals surface area (Å²) in [6.45, 7) is 0.900. The van der Waals surface area contributed by atoms with Gasteiger partial charge in [0.2, 0.25) is 0 Å². The van der Waals surface area contributed by atoms with E-state index >= 15 is 0 Å². The quantitative estimate of drug-likeness (QED) is 0.659. The molecule has 2 heteroatoms. The Bertz CT molecular complexity index is 482. The van der Waals surface area contributed by atoms with Crippen molar-refractivity contribution in [3.05, 3.63) is 36.1 Å². The fraction of sp³-hybridized carbons (Fsp3) is 0.0909. The van der Waals surface area contributed by atoms with Gasteiger partial charge in [-0.1, -0.05) is 12.2 Å². The molecule has 2 aromatic rings. The Morgan fingerprint density at radius 3 is 3.23 bits per heavy atom. The van der Waals surface area contributed by atoms with Crippen molar-refractivity contribution in [3.8, 4) is 0 Å². The normalized spacial score (nSPS) is 14.2. The zero-order chi connectivity index (χ0) is 8.67. The molecule has 2 heterocycles. The fourth-order valence-corrected chi connectivity index (χ4v) is 1.74. The maximum Gasteiger partial charge on any atom is 0.135 e. The van der Waals surface area contributed by atoms with E-state index in [1.807, 2.05) is 12.1 Å². The molecule has 64 valence electrons. The standard InChI is InChI=1S/C11H9NO/c1-2-8-3-4-10-9(5-7-13-10)11(8)12-6-1/h1-5,7,12H,6H2. The lowest BCUT2D eigenvalue weighted by molar-refractivity contribution is 0.616. The molecule has 3 rings (SSSR count). The number of furan rings is 1. The molecule has 0 saturated carbocycles. The summed E-state index contributed by atoms with van der Waals surface area (Å²) in [7, 11) is 0. The van der Waals surface area contributed by atoms with Crippen LogP contribution in [0.4, 0.5) is 5.69 Å². The summed E-state index contributed by atoms with van der Waals surface area (Å²) in [6.07, 6.45) is 5.98. The Labute approximate surface area is 75.9 Å². The van der Waals surface area contributed by atoms with Gasteiger partial charge in [-0.15, -0.1) is 0 Å². The summed E-state index contributed by atoms with van der Waals surface area (Å²) in [5.74, 6) is 0. The summed E-state index contributed by atoms with van der Waals surface area (Å²) in [5.41, 5.74) is 3.37. The molecule has 0 aliphatic carbocycles. The zero-order valence-electron chi connectivity index (χ0n) is 7.08. The first-order valence-electron chi connectivity index (χ1n) is 4.36. The predicted octanol–water partition coefficient (Wildman–Crippen LogP) is 2.87. The SMILES string of the molecule is C1=Cc2ccc3occc3c2NC1. The van der Waals surface area contributed by atoms with Crippen LogP contribution in [0.5, 0.6) is 0 Å². The van der Waals surface area contributed by atoms with Crippen LogP contribution in [0.3, 0.4) is 0 Å². The Morgan fingerprint density at radius 1 is 1.23 bits per heavy atom. The molecule has 0 radical (unpaired) electrons. The van der Waals surface area contributed by atoms with Crippen molar-refractivity contribution < 1.29 is 4.42 Å². The molecule has 1 aromatic carbocycles. The lowest BCUT2D eigenvalue weighted by Crippen LogP contribution is -2.04. The molecule has 13 heavy (non-hydrogen) atoms. The second kappa shape index (κ2) is 2.39. The topological polar surface area (TPSA) is 25.2 Å². The predicted molar refractivity (Wildman–Crippen MR) is 53.7 cm³/mol. The maximum absolute atomic E-state index is 5.32. The average Bonchev–Trinajstić information content (AvgIpc) is 2.65. The molecule has 2 nitrogen and oxygen atoms in total. The van der Waals surface area contributed by atoms with Crippen molar-refractivity contribution in [1.82, 2.24) is 0 Å². The highest BCUT2D eigenvalue weighted by Gasteiger charge is 2.08. The number of hydrogen-bond donors (Lipinski definition) is 1. The fourth-order valence-electron chi connectivity index (χ4n) is 1.74. The van der Waals surface area contributed by atoms with Gasteiger partial charge >= 0.3 is 0 Å².